The highest BCUT2D eigenvalue weighted by molar-refractivity contribution is 9.10. The summed E-state index contributed by atoms with van der Waals surface area (Å²) in [7, 11) is 0. The van der Waals surface area contributed by atoms with Crippen LogP contribution in [-0.4, -0.2) is 82.5 Å². The molecule has 3 rings (SSSR count). The highest BCUT2D eigenvalue weighted by Gasteiger charge is 2.27. The van der Waals surface area contributed by atoms with Crippen LogP contribution in [0.15, 0.2) is 29.0 Å². The number of anilines is 2. The summed E-state index contributed by atoms with van der Waals surface area (Å²) < 4.78 is 42.7. The van der Waals surface area contributed by atoms with Crippen molar-refractivity contribution in [2.45, 2.75) is 50.7 Å². The Hall–Kier alpha value is -2.51. The van der Waals surface area contributed by atoms with Gasteiger partial charge in [0.05, 0.1) is 11.1 Å². The minimum Gasteiger partial charge on any atom is -0.480 e. The Balaban J connectivity index is 1.50. The Morgan fingerprint density at radius 3 is 2.73 bits per heavy atom. The number of nitrogens with zero attached hydrogens (tertiary/aromatic N) is 4. The predicted octanol–water partition coefficient (Wildman–Crippen LogP) is 4.15. The first-order chi connectivity index (χ1) is 17.7. The van der Waals surface area contributed by atoms with E-state index in [1.807, 2.05) is 11.0 Å². The van der Waals surface area contributed by atoms with Crippen molar-refractivity contribution in [3.63, 3.8) is 0 Å². The third kappa shape index (κ3) is 10.8. The molecule has 0 spiro atoms. The van der Waals surface area contributed by atoms with Crippen LogP contribution in [0.5, 0.6) is 0 Å². The number of ether oxygens (including phenoxy) is 1. The lowest BCUT2D eigenvalue weighted by molar-refractivity contribution is -0.174. The lowest BCUT2D eigenvalue weighted by Crippen LogP contribution is -2.37. The van der Waals surface area contributed by atoms with Crippen molar-refractivity contribution in [1.82, 2.24) is 19.9 Å². The zero-order valence-corrected chi connectivity index (χ0v) is 22.0. The number of carbonyl (C=O) groups is 1. The number of carboxylic acids is 1. The average molecular weight is 589 g/mol. The Kier molecular flexibility index (Phi) is 11.3. The van der Waals surface area contributed by atoms with Gasteiger partial charge in [0.25, 0.3) is 0 Å². The normalized spacial score (nSPS) is 14.2. The van der Waals surface area contributed by atoms with Crippen molar-refractivity contribution in [2.24, 2.45) is 0 Å². The number of fused-ring (bicyclic) bond motifs is 1. The number of aromatic nitrogens is 3. The molecular formula is C24H32BrF3N6O3. The number of rotatable bonds is 15. The van der Waals surface area contributed by atoms with Gasteiger partial charge in [0, 0.05) is 37.7 Å². The van der Waals surface area contributed by atoms with Crippen LogP contribution in [0.2, 0.25) is 0 Å². The van der Waals surface area contributed by atoms with E-state index >= 15 is 0 Å². The molecule has 0 unspecified atom stereocenters. The Labute approximate surface area is 222 Å². The molecule has 0 saturated carbocycles. The minimum absolute atomic E-state index is 0.0987. The molecule has 0 fully saturated rings. The van der Waals surface area contributed by atoms with Gasteiger partial charge in [-0.25, -0.2) is 19.7 Å². The zero-order chi connectivity index (χ0) is 26.7. The van der Waals surface area contributed by atoms with E-state index in [1.54, 1.807) is 0 Å². The SMILES string of the molecule is O=C(O)[C@H](CCN(CCCCc1ccc2c(n1)NCCC2)CCOCC(F)(F)F)Nc1ncc(Br)cn1. The van der Waals surface area contributed by atoms with Crippen LogP contribution < -0.4 is 10.6 Å². The van der Waals surface area contributed by atoms with Crippen LogP contribution in [0.1, 0.15) is 36.9 Å². The number of hydrogen-bond donors (Lipinski definition) is 3. The van der Waals surface area contributed by atoms with Crippen molar-refractivity contribution in [3.8, 4) is 0 Å². The zero-order valence-electron chi connectivity index (χ0n) is 20.4. The van der Waals surface area contributed by atoms with E-state index in [1.165, 1.54) is 18.0 Å². The molecule has 1 aliphatic heterocycles. The molecule has 9 nitrogen and oxygen atoms in total. The van der Waals surface area contributed by atoms with Crippen molar-refractivity contribution in [1.29, 1.82) is 0 Å². The number of nitrogens with one attached hydrogen (secondary N) is 2. The van der Waals surface area contributed by atoms with Crippen LogP contribution in [-0.2, 0) is 22.4 Å². The molecule has 2 aromatic rings. The minimum atomic E-state index is -4.38. The summed E-state index contributed by atoms with van der Waals surface area (Å²) in [4.78, 5) is 26.5. The molecule has 13 heteroatoms. The molecule has 0 aliphatic carbocycles. The number of carboxylic acid groups (broad SMARTS) is 1. The monoisotopic (exact) mass is 588 g/mol. The summed E-state index contributed by atoms with van der Waals surface area (Å²) in [6.45, 7) is 0.737. The van der Waals surface area contributed by atoms with Crippen LogP contribution in [0.3, 0.4) is 0 Å². The number of halogens is 4. The Bertz CT molecular complexity index is 997. The molecule has 1 atom stereocenters. The van der Waals surface area contributed by atoms with E-state index in [4.69, 9.17) is 9.72 Å². The number of alkyl halides is 3. The van der Waals surface area contributed by atoms with Gasteiger partial charge in [-0.1, -0.05) is 6.07 Å². The van der Waals surface area contributed by atoms with Crippen LogP contribution in [0, 0.1) is 0 Å². The van der Waals surface area contributed by atoms with Gasteiger partial charge in [0.1, 0.15) is 18.5 Å². The van der Waals surface area contributed by atoms with Crippen molar-refractivity contribution in [3.05, 3.63) is 40.3 Å². The highest BCUT2D eigenvalue weighted by atomic mass is 79.9. The maximum atomic E-state index is 12.4. The maximum Gasteiger partial charge on any atom is 0.411 e. The molecule has 0 aromatic carbocycles. The largest absolute Gasteiger partial charge is 0.480 e. The second-order valence-electron chi connectivity index (χ2n) is 8.86. The fourth-order valence-electron chi connectivity index (χ4n) is 3.98. The second-order valence-corrected chi connectivity index (χ2v) is 9.77. The van der Waals surface area contributed by atoms with E-state index < -0.39 is 24.8 Å². The lowest BCUT2D eigenvalue weighted by Gasteiger charge is -2.24. The van der Waals surface area contributed by atoms with Crippen molar-refractivity contribution < 1.29 is 27.8 Å². The third-order valence-electron chi connectivity index (χ3n) is 5.88. The smallest absolute Gasteiger partial charge is 0.411 e. The van der Waals surface area contributed by atoms with Crippen LogP contribution in [0.25, 0.3) is 0 Å². The van der Waals surface area contributed by atoms with Gasteiger partial charge in [0.15, 0.2) is 0 Å². The summed E-state index contributed by atoms with van der Waals surface area (Å²) in [5.41, 5.74) is 2.23. The molecule has 0 amide bonds. The van der Waals surface area contributed by atoms with E-state index in [9.17, 15) is 23.1 Å². The molecule has 0 radical (unpaired) electrons. The average Bonchev–Trinajstić information content (AvgIpc) is 2.86. The first kappa shape index (κ1) is 29.1. The lowest BCUT2D eigenvalue weighted by atomic mass is 10.1. The highest BCUT2D eigenvalue weighted by Crippen LogP contribution is 2.20. The number of hydrogen-bond acceptors (Lipinski definition) is 8. The standard InChI is InChI=1S/C24H32BrF3N6O3/c25-18-14-30-23(31-15-18)33-20(22(35)36)8-11-34(12-13-37-16-24(26,27)28)10-2-1-5-19-7-6-17-4-3-9-29-21(17)32-19/h6-7,14-15,20H,1-5,8-13,16H2,(H,29,32)(H,35,36)(H,30,31,33)/t20-/m0/s1. The van der Waals surface area contributed by atoms with Gasteiger partial charge in [-0.3, -0.25) is 0 Å². The summed E-state index contributed by atoms with van der Waals surface area (Å²) in [5.74, 6) is 0.0729. The van der Waals surface area contributed by atoms with E-state index in [-0.39, 0.29) is 25.5 Å². The van der Waals surface area contributed by atoms with Gasteiger partial charge >= 0.3 is 12.1 Å². The van der Waals surface area contributed by atoms with E-state index in [2.05, 4.69) is 42.6 Å². The fourth-order valence-corrected chi connectivity index (χ4v) is 4.18. The molecule has 0 saturated heterocycles. The Morgan fingerprint density at radius 1 is 1.22 bits per heavy atom. The molecular weight excluding hydrogens is 557 g/mol. The van der Waals surface area contributed by atoms with E-state index in [0.29, 0.717) is 17.6 Å². The second kappa shape index (κ2) is 14.4. The summed E-state index contributed by atoms with van der Waals surface area (Å²) in [5, 5.41) is 15.7. The number of aryl methyl sites for hydroxylation is 2. The van der Waals surface area contributed by atoms with Gasteiger partial charge in [-0.05, 0) is 72.6 Å². The third-order valence-corrected chi connectivity index (χ3v) is 6.29. The molecule has 2 aromatic heterocycles. The quantitative estimate of drug-likeness (QED) is 0.264. The van der Waals surface area contributed by atoms with Crippen LogP contribution in [0.4, 0.5) is 24.9 Å². The molecule has 37 heavy (non-hydrogen) atoms. The number of unbranched alkanes of at least 4 members (excludes halogenated alkanes) is 1. The van der Waals surface area contributed by atoms with Gasteiger partial charge in [-0.2, -0.15) is 13.2 Å². The van der Waals surface area contributed by atoms with Crippen molar-refractivity contribution >= 4 is 33.7 Å². The fraction of sp³-hybridized carbons (Fsp3) is 0.583. The molecule has 3 N–H and O–H groups in total. The summed E-state index contributed by atoms with van der Waals surface area (Å²) >= 11 is 3.23. The number of aliphatic carboxylic acids is 1. The molecule has 3 heterocycles. The first-order valence-electron chi connectivity index (χ1n) is 12.3. The van der Waals surface area contributed by atoms with Gasteiger partial charge in [-0.15, -0.1) is 0 Å². The van der Waals surface area contributed by atoms with Gasteiger partial charge < -0.3 is 25.4 Å². The molecule has 1 aliphatic rings. The maximum absolute atomic E-state index is 12.4. The summed E-state index contributed by atoms with van der Waals surface area (Å²) in [6.07, 6.45) is 3.39. The van der Waals surface area contributed by atoms with E-state index in [0.717, 1.165) is 50.2 Å². The first-order valence-corrected chi connectivity index (χ1v) is 13.1. The topological polar surface area (TPSA) is 112 Å². The summed E-state index contributed by atoms with van der Waals surface area (Å²) in [6, 6.07) is 3.21. The number of pyridine rings is 1. The Morgan fingerprint density at radius 2 is 2.00 bits per heavy atom. The molecule has 0 bridgehead atoms. The molecule has 204 valence electrons. The predicted molar refractivity (Wildman–Crippen MR) is 137 cm³/mol. The van der Waals surface area contributed by atoms with Gasteiger partial charge in [0.2, 0.25) is 5.95 Å². The van der Waals surface area contributed by atoms with Crippen LogP contribution >= 0.6 is 15.9 Å². The van der Waals surface area contributed by atoms with Crippen molar-refractivity contribution in [2.75, 3.05) is 50.0 Å².